The van der Waals surface area contributed by atoms with E-state index in [0.717, 1.165) is 17.8 Å². The van der Waals surface area contributed by atoms with Crippen LogP contribution < -0.4 is 16.2 Å². The molecular formula is C49H42BN2. The highest BCUT2D eigenvalue weighted by atomic mass is 15.0. The Kier molecular flexibility index (Phi) is 7.05. The van der Waals surface area contributed by atoms with E-state index >= 15 is 0 Å². The Bertz CT molecular complexity index is 2730. The topological polar surface area (TPSA) is 17.0 Å². The molecule has 0 spiro atoms. The van der Waals surface area contributed by atoms with Gasteiger partial charge in [0.25, 0.3) is 0 Å². The second-order valence-electron chi connectivity index (χ2n) is 15.5. The number of anilines is 2. The van der Waals surface area contributed by atoms with E-state index in [9.17, 15) is 0 Å². The van der Waals surface area contributed by atoms with Crippen molar-refractivity contribution in [2.24, 2.45) is 0 Å². The van der Waals surface area contributed by atoms with E-state index in [2.05, 4.69) is 172 Å². The van der Waals surface area contributed by atoms with Crippen LogP contribution >= 0.6 is 0 Å². The Balaban J connectivity index is 1.21. The molecular weight excluding hydrogens is 627 g/mol. The van der Waals surface area contributed by atoms with Gasteiger partial charge in [-0.25, -0.2) is 0 Å². The van der Waals surface area contributed by atoms with Crippen molar-refractivity contribution in [3.05, 3.63) is 150 Å². The number of nitrogens with one attached hydrogen (secondary N) is 1. The van der Waals surface area contributed by atoms with Gasteiger partial charge in [-0.15, -0.1) is 0 Å². The Labute approximate surface area is 307 Å². The molecule has 1 aliphatic heterocycles. The second kappa shape index (κ2) is 11.8. The smallest absolute Gasteiger partial charge is 0.197 e. The molecule has 2 aliphatic rings. The molecule has 2 nitrogen and oxygen atoms in total. The lowest BCUT2D eigenvalue weighted by atomic mass is 9.58. The minimum Gasteiger partial charge on any atom is -0.355 e. The molecule has 0 bridgehead atoms. The van der Waals surface area contributed by atoms with Crippen LogP contribution in [0.4, 0.5) is 11.4 Å². The van der Waals surface area contributed by atoms with E-state index in [0.29, 0.717) is 0 Å². The van der Waals surface area contributed by atoms with Crippen LogP contribution in [0.15, 0.2) is 127 Å². The van der Waals surface area contributed by atoms with E-state index in [4.69, 9.17) is 0 Å². The SMILES string of the molecule is CCCCCc1ccc(Nc2ccccc2-c2cc(C)c3c4c5ccccc5ccc4n4c3c2[B]c2cc3c(cc2-4)-c2ccccc2C3(C)C)cc1. The zero-order chi connectivity index (χ0) is 35.1. The van der Waals surface area contributed by atoms with Gasteiger partial charge in [0.05, 0.1) is 5.52 Å². The summed E-state index contributed by atoms with van der Waals surface area (Å²) in [6.45, 7) is 9.33. The third-order valence-corrected chi connectivity index (χ3v) is 11.9. The molecule has 0 saturated carbocycles. The summed E-state index contributed by atoms with van der Waals surface area (Å²) in [7, 11) is 2.48. The summed E-state index contributed by atoms with van der Waals surface area (Å²) in [5.74, 6) is 0. The predicted octanol–water partition coefficient (Wildman–Crippen LogP) is 11.7. The number of fused-ring (bicyclic) bond motifs is 10. The summed E-state index contributed by atoms with van der Waals surface area (Å²) in [4.78, 5) is 0. The van der Waals surface area contributed by atoms with Gasteiger partial charge in [0.1, 0.15) is 0 Å². The summed E-state index contributed by atoms with van der Waals surface area (Å²) in [6, 6.07) is 47.8. The molecule has 8 aromatic rings. The van der Waals surface area contributed by atoms with Gasteiger partial charge >= 0.3 is 0 Å². The molecule has 0 saturated heterocycles. The number of rotatable bonds is 7. The number of para-hydroxylation sites is 1. The minimum atomic E-state index is -0.0719. The molecule has 0 unspecified atom stereocenters. The van der Waals surface area contributed by atoms with E-state index < -0.39 is 0 Å². The lowest BCUT2D eigenvalue weighted by molar-refractivity contribution is 0.661. The number of hydrogen-bond donors (Lipinski definition) is 1. The lowest BCUT2D eigenvalue weighted by Crippen LogP contribution is -2.38. The van der Waals surface area contributed by atoms with E-state index in [1.807, 2.05) is 0 Å². The van der Waals surface area contributed by atoms with Crippen LogP contribution in [-0.4, -0.2) is 11.8 Å². The Hall–Kier alpha value is -5.54. The number of nitrogens with zero attached hydrogens (tertiary/aromatic N) is 1. The molecule has 1 aromatic heterocycles. The van der Waals surface area contributed by atoms with Crippen LogP contribution in [0.25, 0.3) is 60.5 Å². The average Bonchev–Trinajstić information content (AvgIpc) is 3.64. The van der Waals surface area contributed by atoms with E-state index in [1.165, 1.54) is 113 Å². The van der Waals surface area contributed by atoms with Crippen molar-refractivity contribution < 1.29 is 0 Å². The second-order valence-corrected chi connectivity index (χ2v) is 15.5. The number of benzene rings is 7. The first kappa shape index (κ1) is 31.2. The molecule has 1 aliphatic carbocycles. The molecule has 0 fully saturated rings. The van der Waals surface area contributed by atoms with Crippen LogP contribution in [0, 0.1) is 6.92 Å². The summed E-state index contributed by atoms with van der Waals surface area (Å²) in [5, 5.41) is 9.09. The molecule has 0 atom stereocenters. The van der Waals surface area contributed by atoms with Gasteiger partial charge in [-0.05, 0) is 105 Å². The third-order valence-electron chi connectivity index (χ3n) is 11.9. The third kappa shape index (κ3) is 4.58. The number of aromatic nitrogens is 1. The summed E-state index contributed by atoms with van der Waals surface area (Å²) in [6.07, 6.45) is 4.92. The first-order valence-electron chi connectivity index (χ1n) is 19.0. The molecule has 52 heavy (non-hydrogen) atoms. The van der Waals surface area contributed by atoms with Gasteiger partial charge in [0.15, 0.2) is 7.28 Å². The fraction of sp³-hybridized carbons (Fsp3) is 0.184. The van der Waals surface area contributed by atoms with Crippen LogP contribution in [-0.2, 0) is 11.8 Å². The zero-order valence-corrected chi connectivity index (χ0v) is 30.5. The van der Waals surface area contributed by atoms with Crippen molar-refractivity contribution >= 4 is 62.2 Å². The highest BCUT2D eigenvalue weighted by Crippen LogP contribution is 2.50. The summed E-state index contributed by atoms with van der Waals surface area (Å²) in [5.41, 5.74) is 19.2. The molecule has 7 aromatic carbocycles. The normalized spacial score (nSPS) is 13.6. The molecule has 2 heterocycles. The Morgan fingerprint density at radius 3 is 2.29 bits per heavy atom. The van der Waals surface area contributed by atoms with E-state index in [1.54, 1.807) is 0 Å². The maximum atomic E-state index is 3.82. The van der Waals surface area contributed by atoms with Crippen molar-refractivity contribution in [2.45, 2.75) is 58.8 Å². The minimum absolute atomic E-state index is 0.0719. The lowest BCUT2D eigenvalue weighted by Gasteiger charge is -2.27. The van der Waals surface area contributed by atoms with Gasteiger partial charge in [0.2, 0.25) is 0 Å². The van der Waals surface area contributed by atoms with Crippen molar-refractivity contribution in [1.82, 2.24) is 4.57 Å². The highest BCUT2D eigenvalue weighted by Gasteiger charge is 2.38. The van der Waals surface area contributed by atoms with Gasteiger partial charge in [-0.3, -0.25) is 0 Å². The largest absolute Gasteiger partial charge is 0.355 e. The number of aryl methyl sites for hydroxylation is 2. The van der Waals surface area contributed by atoms with Crippen molar-refractivity contribution in [1.29, 1.82) is 0 Å². The standard InChI is InChI=1S/C49H42BN2/c1-5-6-7-14-31-21-24-33(25-22-31)51-42-20-13-11-18-36(42)38-27-30(2)45-46-34-16-9-8-15-32(34)23-26-43(46)52-44-28-37-35-17-10-12-19-39(35)49(3,4)40(37)29-41(44)50-47(38)48(45)52/h8-13,15-29,51H,5-7,14H2,1-4H3. The van der Waals surface area contributed by atoms with Crippen LogP contribution in [0.2, 0.25) is 0 Å². The van der Waals surface area contributed by atoms with Gasteiger partial charge in [0, 0.05) is 44.3 Å². The van der Waals surface area contributed by atoms with Gasteiger partial charge < -0.3 is 9.88 Å². The van der Waals surface area contributed by atoms with E-state index in [-0.39, 0.29) is 5.41 Å². The monoisotopic (exact) mass is 669 g/mol. The number of unbranched alkanes of at least 4 members (excludes halogenated alkanes) is 2. The van der Waals surface area contributed by atoms with Crippen molar-refractivity contribution in [3.63, 3.8) is 0 Å². The Morgan fingerprint density at radius 1 is 0.673 bits per heavy atom. The number of hydrogen-bond acceptors (Lipinski definition) is 1. The predicted molar refractivity (Wildman–Crippen MR) is 224 cm³/mol. The molecule has 1 N–H and O–H groups in total. The fourth-order valence-electron chi connectivity index (χ4n) is 9.35. The van der Waals surface area contributed by atoms with Gasteiger partial charge in [-0.1, -0.05) is 136 Å². The molecule has 251 valence electrons. The highest BCUT2D eigenvalue weighted by molar-refractivity contribution is 6.73. The van der Waals surface area contributed by atoms with Gasteiger partial charge in [-0.2, -0.15) is 0 Å². The van der Waals surface area contributed by atoms with Crippen molar-refractivity contribution in [3.8, 4) is 27.9 Å². The van der Waals surface area contributed by atoms with Crippen molar-refractivity contribution in [2.75, 3.05) is 5.32 Å². The zero-order valence-electron chi connectivity index (χ0n) is 30.5. The maximum absolute atomic E-state index is 3.82. The van der Waals surface area contributed by atoms with Crippen LogP contribution in [0.1, 0.15) is 62.3 Å². The first-order chi connectivity index (χ1) is 25.4. The average molecular weight is 670 g/mol. The van der Waals surface area contributed by atoms with Crippen LogP contribution in [0.3, 0.4) is 0 Å². The van der Waals surface area contributed by atoms with Crippen LogP contribution in [0.5, 0.6) is 0 Å². The molecule has 10 rings (SSSR count). The maximum Gasteiger partial charge on any atom is 0.197 e. The first-order valence-corrected chi connectivity index (χ1v) is 19.0. The fourth-order valence-corrected chi connectivity index (χ4v) is 9.35. The quantitative estimate of drug-likeness (QED) is 0.132. The molecule has 1 radical (unpaired) electrons. The summed E-state index contributed by atoms with van der Waals surface area (Å²) >= 11 is 0. The molecule has 0 amide bonds. The molecule has 3 heteroatoms. The summed E-state index contributed by atoms with van der Waals surface area (Å²) < 4.78 is 2.58. The Morgan fingerprint density at radius 2 is 1.44 bits per heavy atom.